The molecule has 0 aromatic heterocycles. The smallest absolute Gasteiger partial charge is 0.141 e. The summed E-state index contributed by atoms with van der Waals surface area (Å²) < 4.78 is 25.5. The fourth-order valence-corrected chi connectivity index (χ4v) is 2.61. The predicted octanol–water partition coefficient (Wildman–Crippen LogP) is 3.51. The second-order valence-corrected chi connectivity index (χ2v) is 5.80. The lowest BCUT2D eigenvalue weighted by Gasteiger charge is -2.44. The fraction of sp³-hybridized carbons (Fsp3) is 0.600. The Morgan fingerprint density at radius 2 is 2.20 bits per heavy atom. The molecule has 0 aliphatic heterocycles. The molecule has 1 aromatic carbocycles. The first-order valence-corrected chi connectivity index (χ1v) is 7.91. The Morgan fingerprint density at radius 1 is 1.40 bits per heavy atom. The maximum absolute atomic E-state index is 13.5. The van der Waals surface area contributed by atoms with Gasteiger partial charge in [0.25, 0.3) is 0 Å². The van der Waals surface area contributed by atoms with Gasteiger partial charge in [-0.25, -0.2) is 4.39 Å². The molecule has 0 radical (unpaired) electrons. The van der Waals surface area contributed by atoms with Gasteiger partial charge in [0.15, 0.2) is 0 Å². The minimum atomic E-state index is -0.310. The van der Waals surface area contributed by atoms with Crippen molar-refractivity contribution in [3.8, 4) is 5.75 Å². The SMILES string of the molecule is CCCNC1CC(Oc2ccc(Br)c(F)c2)C1OCC. The second kappa shape index (κ2) is 7.38. The van der Waals surface area contributed by atoms with Gasteiger partial charge >= 0.3 is 0 Å². The molecule has 3 unspecified atom stereocenters. The van der Waals surface area contributed by atoms with Crippen molar-refractivity contribution in [1.29, 1.82) is 0 Å². The monoisotopic (exact) mass is 345 g/mol. The number of nitrogens with one attached hydrogen (secondary N) is 1. The molecule has 0 heterocycles. The minimum absolute atomic E-state index is 0.00937. The number of ether oxygens (including phenoxy) is 2. The Kier molecular flexibility index (Phi) is 5.81. The molecule has 1 saturated carbocycles. The van der Waals surface area contributed by atoms with E-state index in [9.17, 15) is 4.39 Å². The van der Waals surface area contributed by atoms with Gasteiger partial charge < -0.3 is 14.8 Å². The van der Waals surface area contributed by atoms with E-state index in [1.807, 2.05) is 6.92 Å². The maximum Gasteiger partial charge on any atom is 0.141 e. The van der Waals surface area contributed by atoms with Crippen LogP contribution in [0.3, 0.4) is 0 Å². The van der Waals surface area contributed by atoms with Crippen LogP contribution in [0.4, 0.5) is 4.39 Å². The molecule has 2 rings (SSSR count). The lowest BCUT2D eigenvalue weighted by molar-refractivity contribution is -0.104. The van der Waals surface area contributed by atoms with Gasteiger partial charge in [0, 0.05) is 25.1 Å². The largest absolute Gasteiger partial charge is 0.487 e. The first-order valence-electron chi connectivity index (χ1n) is 7.12. The van der Waals surface area contributed by atoms with E-state index in [0.29, 0.717) is 22.9 Å². The molecular weight excluding hydrogens is 325 g/mol. The van der Waals surface area contributed by atoms with Crippen LogP contribution in [0.1, 0.15) is 26.7 Å². The van der Waals surface area contributed by atoms with Gasteiger partial charge in [-0.3, -0.25) is 0 Å². The van der Waals surface area contributed by atoms with Crippen molar-refractivity contribution in [2.45, 2.75) is 44.9 Å². The van der Waals surface area contributed by atoms with Crippen LogP contribution in [-0.4, -0.2) is 31.4 Å². The van der Waals surface area contributed by atoms with Crippen molar-refractivity contribution in [2.75, 3.05) is 13.2 Å². The van der Waals surface area contributed by atoms with E-state index in [4.69, 9.17) is 9.47 Å². The van der Waals surface area contributed by atoms with Gasteiger partial charge in [-0.2, -0.15) is 0 Å². The number of hydrogen-bond acceptors (Lipinski definition) is 3. The number of rotatable bonds is 7. The van der Waals surface area contributed by atoms with Crippen LogP contribution in [0.5, 0.6) is 5.75 Å². The summed E-state index contributed by atoms with van der Waals surface area (Å²) in [5, 5.41) is 3.45. The molecule has 0 bridgehead atoms. The summed E-state index contributed by atoms with van der Waals surface area (Å²) in [6.07, 6.45) is 2.02. The Bertz CT molecular complexity index is 444. The molecule has 3 atom stereocenters. The topological polar surface area (TPSA) is 30.5 Å². The summed E-state index contributed by atoms with van der Waals surface area (Å²) in [6, 6.07) is 5.16. The first-order chi connectivity index (χ1) is 9.65. The zero-order chi connectivity index (χ0) is 14.5. The predicted molar refractivity (Wildman–Crippen MR) is 80.6 cm³/mol. The summed E-state index contributed by atoms with van der Waals surface area (Å²) in [7, 11) is 0. The molecule has 1 fully saturated rings. The van der Waals surface area contributed by atoms with Crippen molar-refractivity contribution in [2.24, 2.45) is 0 Å². The van der Waals surface area contributed by atoms with Gasteiger partial charge in [0.05, 0.1) is 4.47 Å². The average molecular weight is 346 g/mol. The lowest BCUT2D eigenvalue weighted by atomic mass is 9.85. The standard InChI is InChI=1S/C15H21BrFNO2/c1-3-7-18-13-9-14(15(13)19-4-2)20-10-5-6-11(16)12(17)8-10/h5-6,8,13-15,18H,3-4,7,9H2,1-2H3. The molecule has 20 heavy (non-hydrogen) atoms. The van der Waals surface area contributed by atoms with Crippen LogP contribution in [0.25, 0.3) is 0 Å². The molecular formula is C15H21BrFNO2. The van der Waals surface area contributed by atoms with Crippen LogP contribution < -0.4 is 10.1 Å². The highest BCUT2D eigenvalue weighted by Gasteiger charge is 2.43. The second-order valence-electron chi connectivity index (χ2n) is 4.95. The van der Waals surface area contributed by atoms with Gasteiger partial charge in [-0.15, -0.1) is 0 Å². The highest BCUT2D eigenvalue weighted by atomic mass is 79.9. The highest BCUT2D eigenvalue weighted by Crippen LogP contribution is 2.30. The Labute approximate surface area is 128 Å². The van der Waals surface area contributed by atoms with E-state index in [-0.39, 0.29) is 18.0 Å². The number of halogens is 2. The van der Waals surface area contributed by atoms with Gasteiger partial charge in [-0.1, -0.05) is 6.92 Å². The van der Waals surface area contributed by atoms with Crippen LogP contribution in [0.15, 0.2) is 22.7 Å². The van der Waals surface area contributed by atoms with Crippen LogP contribution in [0.2, 0.25) is 0 Å². The summed E-state index contributed by atoms with van der Waals surface area (Å²) in [5.74, 6) is 0.241. The molecule has 0 spiro atoms. The fourth-order valence-electron chi connectivity index (χ4n) is 2.37. The van der Waals surface area contributed by atoms with E-state index in [2.05, 4.69) is 28.2 Å². The molecule has 112 valence electrons. The third-order valence-corrected chi connectivity index (χ3v) is 4.09. The molecule has 3 nitrogen and oxygen atoms in total. The maximum atomic E-state index is 13.5. The van der Waals surface area contributed by atoms with E-state index in [1.54, 1.807) is 12.1 Å². The van der Waals surface area contributed by atoms with E-state index >= 15 is 0 Å². The molecule has 1 aliphatic carbocycles. The van der Waals surface area contributed by atoms with Crippen molar-refractivity contribution < 1.29 is 13.9 Å². The molecule has 0 saturated heterocycles. The quantitative estimate of drug-likeness (QED) is 0.820. The highest BCUT2D eigenvalue weighted by molar-refractivity contribution is 9.10. The van der Waals surface area contributed by atoms with Crippen molar-refractivity contribution >= 4 is 15.9 Å². The molecule has 5 heteroatoms. The zero-order valence-electron chi connectivity index (χ0n) is 11.9. The Morgan fingerprint density at radius 3 is 2.85 bits per heavy atom. The zero-order valence-corrected chi connectivity index (χ0v) is 13.5. The van der Waals surface area contributed by atoms with Crippen molar-refractivity contribution in [3.63, 3.8) is 0 Å². The third-order valence-electron chi connectivity index (χ3n) is 3.44. The number of benzene rings is 1. The minimum Gasteiger partial charge on any atom is -0.487 e. The lowest BCUT2D eigenvalue weighted by Crippen LogP contribution is -2.61. The van der Waals surface area contributed by atoms with Gasteiger partial charge in [0.2, 0.25) is 0 Å². The first kappa shape index (κ1) is 15.7. The number of hydrogen-bond donors (Lipinski definition) is 1. The summed E-state index contributed by atoms with van der Waals surface area (Å²) >= 11 is 3.14. The Hall–Kier alpha value is -0.650. The summed E-state index contributed by atoms with van der Waals surface area (Å²) in [4.78, 5) is 0. The van der Waals surface area contributed by atoms with Crippen molar-refractivity contribution in [3.05, 3.63) is 28.5 Å². The average Bonchev–Trinajstić information content (AvgIpc) is 2.43. The van der Waals surface area contributed by atoms with E-state index in [0.717, 1.165) is 19.4 Å². The van der Waals surface area contributed by atoms with Crippen LogP contribution in [-0.2, 0) is 4.74 Å². The normalized spacial score (nSPS) is 25.3. The van der Waals surface area contributed by atoms with Crippen LogP contribution in [0, 0.1) is 5.82 Å². The molecule has 1 aromatic rings. The molecule has 0 amide bonds. The van der Waals surface area contributed by atoms with E-state index in [1.165, 1.54) is 6.07 Å². The van der Waals surface area contributed by atoms with Crippen molar-refractivity contribution in [1.82, 2.24) is 5.32 Å². The van der Waals surface area contributed by atoms with Gasteiger partial charge in [-0.05, 0) is 48.0 Å². The molecule has 1 aliphatic rings. The van der Waals surface area contributed by atoms with Crippen LogP contribution >= 0.6 is 15.9 Å². The van der Waals surface area contributed by atoms with Gasteiger partial charge in [0.1, 0.15) is 23.8 Å². The summed E-state index contributed by atoms with van der Waals surface area (Å²) in [5.41, 5.74) is 0. The Balaban J connectivity index is 1.93. The molecule has 1 N–H and O–H groups in total. The summed E-state index contributed by atoms with van der Waals surface area (Å²) in [6.45, 7) is 5.75. The van der Waals surface area contributed by atoms with E-state index < -0.39 is 0 Å². The third kappa shape index (κ3) is 3.71.